The predicted octanol–water partition coefficient (Wildman–Crippen LogP) is 5.59. The van der Waals surface area contributed by atoms with Gasteiger partial charge < -0.3 is 14.6 Å². The van der Waals surface area contributed by atoms with Crippen molar-refractivity contribution < 1.29 is 13.6 Å². The largest absolute Gasteiger partial charge is 0.415 e. The van der Waals surface area contributed by atoms with Crippen molar-refractivity contribution in [2.45, 2.75) is 57.9 Å². The maximum atomic E-state index is 13.5. The molecule has 1 N–H and O–H groups in total. The Kier molecular flexibility index (Phi) is 8.51. The van der Waals surface area contributed by atoms with Gasteiger partial charge in [-0.15, -0.1) is 6.58 Å². The molecule has 0 saturated carbocycles. The van der Waals surface area contributed by atoms with Crippen LogP contribution in [0.4, 0.5) is 9.18 Å². The summed E-state index contributed by atoms with van der Waals surface area (Å²) in [5, 5.41) is 2.92. The molecule has 0 spiro atoms. The Labute approximate surface area is 168 Å². The second-order valence-corrected chi connectivity index (χ2v) is 13.4. The van der Waals surface area contributed by atoms with Crippen LogP contribution in [-0.2, 0) is 11.0 Å². The third-order valence-electron chi connectivity index (χ3n) is 5.21. The summed E-state index contributed by atoms with van der Waals surface area (Å²) >= 11 is 5.94. The lowest BCUT2D eigenvalue weighted by Crippen LogP contribution is -2.49. The van der Waals surface area contributed by atoms with Crippen LogP contribution < -0.4 is 5.32 Å². The van der Waals surface area contributed by atoms with Crippen LogP contribution in [0.15, 0.2) is 30.9 Å². The second-order valence-electron chi connectivity index (χ2n) is 8.23. The maximum Gasteiger partial charge on any atom is 0.317 e. The fourth-order valence-electron chi connectivity index (χ4n) is 2.20. The van der Waals surface area contributed by atoms with Crippen LogP contribution in [0.1, 0.15) is 32.8 Å². The highest BCUT2D eigenvalue weighted by Gasteiger charge is 2.38. The molecular weight excluding hydrogens is 383 g/mol. The van der Waals surface area contributed by atoms with Gasteiger partial charge in [-0.2, -0.15) is 0 Å². The van der Waals surface area contributed by atoms with E-state index in [2.05, 4.69) is 45.8 Å². The molecule has 0 aromatic heterocycles. The highest BCUT2D eigenvalue weighted by atomic mass is 35.5. The van der Waals surface area contributed by atoms with E-state index >= 15 is 0 Å². The van der Waals surface area contributed by atoms with Gasteiger partial charge in [0.05, 0.1) is 17.7 Å². The van der Waals surface area contributed by atoms with Crippen molar-refractivity contribution in [3.63, 3.8) is 0 Å². The van der Waals surface area contributed by atoms with Gasteiger partial charge in [0.1, 0.15) is 5.82 Å². The normalized spacial score (nSPS) is 13.2. The lowest BCUT2D eigenvalue weighted by atomic mass is 10.2. The van der Waals surface area contributed by atoms with Gasteiger partial charge in [0.25, 0.3) is 0 Å². The molecule has 0 radical (unpaired) electrons. The molecule has 7 heteroatoms. The molecule has 0 saturated heterocycles. The van der Waals surface area contributed by atoms with Crippen LogP contribution in [0.25, 0.3) is 0 Å². The molecule has 1 unspecified atom stereocenters. The van der Waals surface area contributed by atoms with Crippen molar-refractivity contribution in [1.82, 2.24) is 10.2 Å². The quantitative estimate of drug-likeness (QED) is 0.445. The number of likely N-dealkylation sites (N-methyl/N-ethyl adjacent to an activating group) is 1. The number of amides is 2. The van der Waals surface area contributed by atoms with Crippen molar-refractivity contribution in [2.24, 2.45) is 0 Å². The van der Waals surface area contributed by atoms with Gasteiger partial charge in [0.2, 0.25) is 0 Å². The Morgan fingerprint density at radius 1 is 1.44 bits per heavy atom. The molecular formula is C20H32ClFN2O2Si. The van der Waals surface area contributed by atoms with Crippen LogP contribution >= 0.6 is 11.6 Å². The molecule has 1 atom stereocenters. The molecule has 0 bridgehead atoms. The summed E-state index contributed by atoms with van der Waals surface area (Å²) in [5.74, 6) is -0.496. The molecule has 0 aliphatic rings. The minimum absolute atomic E-state index is 0.0318. The monoisotopic (exact) mass is 414 g/mol. The first kappa shape index (κ1) is 23.7. The van der Waals surface area contributed by atoms with Crippen molar-refractivity contribution >= 4 is 25.9 Å². The summed E-state index contributed by atoms with van der Waals surface area (Å²) in [7, 11) is -0.186. The van der Waals surface area contributed by atoms with Crippen LogP contribution in [0.5, 0.6) is 0 Å². The fourth-order valence-corrected chi connectivity index (χ4v) is 3.43. The zero-order valence-corrected chi connectivity index (χ0v) is 19.0. The SMILES string of the molecule is C=CCC(CO[Si](C)(C)C(C)(C)C)N(C)C(=O)NCc1cccc(F)c1Cl. The van der Waals surface area contributed by atoms with Crippen molar-refractivity contribution in [3.8, 4) is 0 Å². The number of halogens is 2. The van der Waals surface area contributed by atoms with Gasteiger partial charge in [-0.3, -0.25) is 0 Å². The van der Waals surface area contributed by atoms with Gasteiger partial charge >= 0.3 is 6.03 Å². The molecule has 152 valence electrons. The van der Waals surface area contributed by atoms with Crippen molar-refractivity contribution in [3.05, 3.63) is 47.3 Å². The zero-order chi connectivity index (χ0) is 20.8. The molecule has 0 aliphatic heterocycles. The van der Waals surface area contributed by atoms with E-state index < -0.39 is 14.1 Å². The number of nitrogens with one attached hydrogen (secondary N) is 1. The van der Waals surface area contributed by atoms with Crippen LogP contribution in [0.2, 0.25) is 23.2 Å². The van der Waals surface area contributed by atoms with Gasteiger partial charge in [-0.1, -0.05) is 50.6 Å². The Bertz CT molecular complexity index is 662. The summed E-state index contributed by atoms with van der Waals surface area (Å²) in [4.78, 5) is 14.2. The number of hydrogen-bond donors (Lipinski definition) is 1. The summed E-state index contributed by atoms with van der Waals surface area (Å²) < 4.78 is 19.8. The number of carbonyl (C=O) groups is 1. The number of hydrogen-bond acceptors (Lipinski definition) is 2. The van der Waals surface area contributed by atoms with E-state index in [9.17, 15) is 9.18 Å². The second kappa shape index (κ2) is 9.71. The third-order valence-corrected chi connectivity index (χ3v) is 10.1. The number of benzene rings is 1. The summed E-state index contributed by atoms with van der Waals surface area (Å²) in [6, 6.07) is 4.16. The Hall–Kier alpha value is -1.37. The molecule has 1 aromatic rings. The lowest BCUT2D eigenvalue weighted by molar-refractivity contribution is 0.152. The number of carbonyl (C=O) groups excluding carboxylic acids is 1. The lowest BCUT2D eigenvalue weighted by Gasteiger charge is -2.38. The molecule has 1 rings (SSSR count). The number of nitrogens with zero attached hydrogens (tertiary/aromatic N) is 1. The van der Waals surface area contributed by atoms with Gasteiger partial charge in [0.15, 0.2) is 8.32 Å². The predicted molar refractivity (Wildman–Crippen MR) is 113 cm³/mol. The molecule has 2 amide bonds. The molecule has 1 aromatic carbocycles. The van der Waals surface area contributed by atoms with Crippen LogP contribution in [-0.4, -0.2) is 38.9 Å². The van der Waals surface area contributed by atoms with Gasteiger partial charge in [-0.05, 0) is 36.2 Å². The van der Waals surface area contributed by atoms with Crippen molar-refractivity contribution in [2.75, 3.05) is 13.7 Å². The summed E-state index contributed by atoms with van der Waals surface area (Å²) in [5.41, 5.74) is 0.538. The summed E-state index contributed by atoms with van der Waals surface area (Å²) in [6.07, 6.45) is 2.41. The first-order valence-corrected chi connectivity index (χ1v) is 12.4. The average Bonchev–Trinajstić information content (AvgIpc) is 2.58. The highest BCUT2D eigenvalue weighted by Crippen LogP contribution is 2.36. The first-order valence-electron chi connectivity index (χ1n) is 9.09. The third kappa shape index (κ3) is 6.62. The van der Waals surface area contributed by atoms with Crippen LogP contribution in [0.3, 0.4) is 0 Å². The first-order chi connectivity index (χ1) is 12.4. The zero-order valence-electron chi connectivity index (χ0n) is 17.2. The molecule has 0 fully saturated rings. The minimum atomic E-state index is -1.91. The van der Waals surface area contributed by atoms with E-state index in [4.69, 9.17) is 16.0 Å². The van der Waals surface area contributed by atoms with E-state index in [0.717, 1.165) is 0 Å². The fraction of sp³-hybridized carbons (Fsp3) is 0.550. The molecule has 27 heavy (non-hydrogen) atoms. The number of rotatable bonds is 8. The smallest absolute Gasteiger partial charge is 0.317 e. The standard InChI is InChI=1S/C20H32ClFN2O2Si/c1-8-10-16(14-26-27(6,7)20(2,3)4)24(5)19(25)23-13-15-11-9-12-17(22)18(15)21/h8-9,11-12,16H,1,10,13-14H2,2-7H3,(H,23,25). The molecule has 0 heterocycles. The average molecular weight is 415 g/mol. The van der Waals surface area contributed by atoms with E-state index in [1.165, 1.54) is 6.07 Å². The van der Waals surface area contributed by atoms with E-state index in [0.29, 0.717) is 18.6 Å². The maximum absolute atomic E-state index is 13.5. The minimum Gasteiger partial charge on any atom is -0.415 e. The van der Waals surface area contributed by atoms with E-state index in [1.54, 1.807) is 30.2 Å². The van der Waals surface area contributed by atoms with Crippen molar-refractivity contribution in [1.29, 1.82) is 0 Å². The summed E-state index contributed by atoms with van der Waals surface area (Å²) in [6.45, 7) is 15.3. The van der Waals surface area contributed by atoms with E-state index in [1.807, 2.05) is 0 Å². The van der Waals surface area contributed by atoms with Crippen LogP contribution in [0, 0.1) is 5.82 Å². The molecule has 4 nitrogen and oxygen atoms in total. The molecule has 0 aliphatic carbocycles. The topological polar surface area (TPSA) is 41.6 Å². The van der Waals surface area contributed by atoms with E-state index in [-0.39, 0.29) is 28.7 Å². The highest BCUT2D eigenvalue weighted by molar-refractivity contribution is 6.74. The Morgan fingerprint density at radius 3 is 2.63 bits per heavy atom. The number of urea groups is 1. The Morgan fingerprint density at radius 2 is 2.07 bits per heavy atom. The van der Waals surface area contributed by atoms with Gasteiger partial charge in [-0.25, -0.2) is 9.18 Å². The van der Waals surface area contributed by atoms with Gasteiger partial charge in [0, 0.05) is 13.6 Å². The Balaban J connectivity index is 2.73.